The average molecular weight is 1090 g/mol. The molecule has 0 spiro atoms. The van der Waals surface area contributed by atoms with Crippen LogP contribution in [0.2, 0.25) is 10.0 Å². The molecule has 0 fully saturated rings. The van der Waals surface area contributed by atoms with E-state index in [4.69, 9.17) is 27.9 Å². The van der Waals surface area contributed by atoms with Crippen molar-refractivity contribution in [1.82, 2.24) is 30.6 Å². The minimum absolute atomic E-state index is 0. The van der Waals surface area contributed by atoms with Crippen molar-refractivity contribution in [2.45, 2.75) is 46.6 Å². The number of nitrogens with zero attached hydrogens (tertiary/aromatic N) is 2. The number of nitrogens with one attached hydrogen (secondary N) is 4. The zero-order valence-corrected chi connectivity index (χ0v) is 35.7. The van der Waals surface area contributed by atoms with Gasteiger partial charge in [-0.1, -0.05) is 98.4 Å². The second kappa shape index (κ2) is 22.6. The highest BCUT2D eigenvalue weighted by Crippen LogP contribution is 2.20. The first-order valence-corrected chi connectivity index (χ1v) is 19.8. The van der Waals surface area contributed by atoms with Crippen LogP contribution >= 0.6 is 91.0 Å². The van der Waals surface area contributed by atoms with E-state index < -0.39 is 29.2 Å². The topological polar surface area (TPSA) is 125 Å². The summed E-state index contributed by atoms with van der Waals surface area (Å²) in [6, 6.07) is 17.4. The van der Waals surface area contributed by atoms with Gasteiger partial charge in [-0.3, -0.25) is 4.79 Å². The summed E-state index contributed by atoms with van der Waals surface area (Å²) in [4.78, 5) is 38.4. The number of H-pyrrole nitrogens is 2. The maximum atomic E-state index is 13.1. The van der Waals surface area contributed by atoms with Crippen LogP contribution < -0.4 is 10.6 Å². The zero-order valence-electron chi connectivity index (χ0n) is 27.7. The van der Waals surface area contributed by atoms with Crippen molar-refractivity contribution >= 4 is 103 Å². The smallest absolute Gasteiger partial charge is 0.407 e. The molecule has 2 heterocycles. The van der Waals surface area contributed by atoms with Crippen molar-refractivity contribution in [2.24, 2.45) is 0 Å². The highest BCUT2D eigenvalue weighted by atomic mass is 127. The lowest BCUT2D eigenvalue weighted by Gasteiger charge is -2.19. The number of halogens is 7. The van der Waals surface area contributed by atoms with Gasteiger partial charge >= 0.3 is 6.09 Å². The van der Waals surface area contributed by atoms with Crippen molar-refractivity contribution in [3.8, 4) is 22.8 Å². The highest BCUT2D eigenvalue weighted by molar-refractivity contribution is 14.3. The molecule has 9 nitrogen and oxygen atoms in total. The molecular weight excluding hydrogens is 1050 g/mol. The number of aromatic amines is 2. The minimum Gasteiger partial charge on any atom is -0.444 e. The first-order chi connectivity index (χ1) is 24.1. The van der Waals surface area contributed by atoms with E-state index in [-0.39, 0.29) is 13.0 Å². The molecule has 0 bridgehead atoms. The lowest BCUT2D eigenvalue weighted by Crippen LogP contribution is -2.33. The Hall–Kier alpha value is -2.55. The summed E-state index contributed by atoms with van der Waals surface area (Å²) in [7, 11) is 0. The van der Waals surface area contributed by atoms with Crippen LogP contribution in [-0.2, 0) is 17.6 Å². The van der Waals surface area contributed by atoms with Gasteiger partial charge in [-0.25, -0.2) is 23.5 Å². The van der Waals surface area contributed by atoms with Crippen LogP contribution in [0.4, 0.5) is 13.6 Å². The molecule has 0 radical (unpaired) electrons. The number of hydrogen-bond acceptors (Lipinski definition) is 5. The van der Waals surface area contributed by atoms with E-state index in [9.17, 15) is 18.4 Å². The molecule has 5 rings (SSSR count). The fourth-order valence-electron chi connectivity index (χ4n) is 4.19. The number of aromatic nitrogens is 4. The van der Waals surface area contributed by atoms with Crippen LogP contribution in [0.3, 0.4) is 0 Å². The highest BCUT2D eigenvalue weighted by Gasteiger charge is 2.16. The van der Waals surface area contributed by atoms with Gasteiger partial charge in [0.15, 0.2) is 0 Å². The Bertz CT molecular complexity index is 1830. The van der Waals surface area contributed by atoms with E-state index in [0.29, 0.717) is 41.8 Å². The average Bonchev–Trinajstić information content (AvgIpc) is 3.71. The van der Waals surface area contributed by atoms with Gasteiger partial charge in [0.05, 0.1) is 0 Å². The van der Waals surface area contributed by atoms with E-state index in [0.717, 1.165) is 46.5 Å². The van der Waals surface area contributed by atoms with Gasteiger partial charge in [0, 0.05) is 82.5 Å². The number of rotatable bonds is 9. The van der Waals surface area contributed by atoms with Gasteiger partial charge in [0.1, 0.15) is 28.8 Å². The summed E-state index contributed by atoms with van der Waals surface area (Å²) in [6.07, 6.45) is 4.19. The molecule has 52 heavy (non-hydrogen) atoms. The van der Waals surface area contributed by atoms with E-state index in [1.807, 2.05) is 57.2 Å². The Morgan fingerprint density at radius 1 is 0.769 bits per heavy atom. The Morgan fingerprint density at radius 2 is 1.17 bits per heavy atom. The number of alkyl carbamates (subject to hydrolysis) is 1. The van der Waals surface area contributed by atoms with Crippen LogP contribution in [0.25, 0.3) is 22.8 Å². The summed E-state index contributed by atoms with van der Waals surface area (Å²) < 4.78 is 32.2. The van der Waals surface area contributed by atoms with Crippen molar-refractivity contribution in [2.75, 3.05) is 13.1 Å². The van der Waals surface area contributed by atoms with Gasteiger partial charge in [-0.05, 0) is 81.4 Å². The number of hydrogen-bond donors (Lipinski definition) is 4. The van der Waals surface area contributed by atoms with Gasteiger partial charge in [-0.2, -0.15) is 0 Å². The van der Waals surface area contributed by atoms with Gasteiger partial charge in [0.25, 0.3) is 5.91 Å². The lowest BCUT2D eigenvalue weighted by atomic mass is 10.2. The summed E-state index contributed by atoms with van der Waals surface area (Å²) in [5.74, 6) is -0.623. The van der Waals surface area contributed by atoms with E-state index in [1.165, 1.54) is 0 Å². The largest absolute Gasteiger partial charge is 0.444 e. The van der Waals surface area contributed by atoms with Crippen LogP contribution in [0.15, 0.2) is 79.1 Å². The van der Waals surface area contributed by atoms with E-state index in [2.05, 4.69) is 98.3 Å². The Morgan fingerprint density at radius 3 is 1.58 bits per heavy atom. The molecule has 0 aliphatic heterocycles. The summed E-state index contributed by atoms with van der Waals surface area (Å²) in [5, 5.41) is 6.68. The number of benzene rings is 3. The molecule has 5 aromatic rings. The fraction of sp³-hybridized carbons (Fsp3) is 0.278. The maximum absolute atomic E-state index is 13.1. The fourth-order valence-corrected chi connectivity index (χ4v) is 4.44. The van der Waals surface area contributed by atoms with E-state index in [1.54, 1.807) is 24.5 Å². The van der Waals surface area contributed by atoms with Gasteiger partial charge in [-0.15, -0.1) is 0 Å². The second-order valence-electron chi connectivity index (χ2n) is 11.6. The van der Waals surface area contributed by atoms with Crippen LogP contribution in [-0.4, -0.2) is 50.6 Å². The van der Waals surface area contributed by atoms with Crippen molar-refractivity contribution in [3.63, 3.8) is 0 Å². The van der Waals surface area contributed by atoms with E-state index >= 15 is 0 Å². The Balaban J connectivity index is 0.000000323. The number of amides is 2. The van der Waals surface area contributed by atoms with Crippen molar-refractivity contribution in [3.05, 3.63) is 118 Å². The maximum Gasteiger partial charge on any atom is 0.407 e. The number of imidazole rings is 2. The third kappa shape index (κ3) is 17.5. The van der Waals surface area contributed by atoms with Crippen LogP contribution in [0, 0.1) is 11.6 Å². The second-order valence-corrected chi connectivity index (χ2v) is 23.4. The number of ether oxygens (including phenoxy) is 1. The SMILES string of the molecule is C.CC(C)(C)OC(=O)NCCc1cnc(-c2ccc(Cl)cc2)[nH]1.IC(I)I.O=C(NCCc1cnc(-c2ccc(Cl)cc2)[nH]1)c1cc(F)cc(F)c1. The van der Waals surface area contributed by atoms with Gasteiger partial charge in [0.2, 0.25) is 0 Å². The Labute approximate surface area is 353 Å². The molecule has 3 aromatic carbocycles. The van der Waals surface area contributed by atoms with Gasteiger partial charge < -0.3 is 25.3 Å². The molecular formula is C36H39Cl2F2I3N6O3. The molecule has 4 N–H and O–H groups in total. The molecule has 0 saturated heterocycles. The minimum atomic E-state index is -0.786. The molecule has 2 amide bonds. The monoisotopic (exact) mass is 1090 g/mol. The predicted molar refractivity (Wildman–Crippen MR) is 231 cm³/mol. The van der Waals surface area contributed by atoms with Crippen molar-refractivity contribution < 1.29 is 23.1 Å². The first kappa shape index (κ1) is 45.6. The number of carbonyl (C=O) groups excluding carboxylic acids is 2. The summed E-state index contributed by atoms with van der Waals surface area (Å²) in [6.45, 7) is 6.29. The Kier molecular flexibility index (Phi) is 19.8. The molecule has 280 valence electrons. The van der Waals surface area contributed by atoms with Crippen molar-refractivity contribution in [1.29, 1.82) is 0 Å². The molecule has 0 aliphatic rings. The van der Waals surface area contributed by atoms with Crippen LogP contribution in [0.1, 0.15) is 49.9 Å². The molecule has 0 saturated carbocycles. The van der Waals surface area contributed by atoms with Crippen LogP contribution in [0.5, 0.6) is 0 Å². The number of carbonyl (C=O) groups is 2. The number of alkyl halides is 3. The normalized spacial score (nSPS) is 10.6. The predicted octanol–water partition coefficient (Wildman–Crippen LogP) is 11.0. The first-order valence-electron chi connectivity index (χ1n) is 15.3. The third-order valence-electron chi connectivity index (χ3n) is 6.36. The molecule has 0 atom stereocenters. The molecule has 0 unspecified atom stereocenters. The summed E-state index contributed by atoms with van der Waals surface area (Å²) in [5.41, 5.74) is 3.10. The quantitative estimate of drug-likeness (QED) is 0.0864. The standard InChI is InChI=1S/C18H14ClF2N3O.C16H20ClN3O2.CHI3.CH4/c19-13-3-1-11(2-4-13)17-23-10-16(24-17)5-6-22-18(25)12-7-14(20)9-15(21)8-12;1-16(2,3)22-15(21)18-9-8-13-10-19-14(20-13)11-4-6-12(17)7-5-11;2-1(3)4;/h1-4,7-10H,5-6H2,(H,22,25)(H,23,24);4-7,10H,8-9H2,1-3H3,(H,18,21)(H,19,20);1H;1H4. The molecule has 2 aromatic heterocycles. The molecule has 0 aliphatic carbocycles. The lowest BCUT2D eigenvalue weighted by molar-refractivity contribution is 0.0528. The third-order valence-corrected chi connectivity index (χ3v) is 6.86. The molecule has 16 heteroatoms. The summed E-state index contributed by atoms with van der Waals surface area (Å²) >= 11 is 18.7. The zero-order chi connectivity index (χ0) is 37.6.